The zero-order valence-corrected chi connectivity index (χ0v) is 17.1. The minimum absolute atomic E-state index is 0.214. The summed E-state index contributed by atoms with van der Waals surface area (Å²) in [7, 11) is 0. The maximum absolute atomic E-state index is 13.5. The Morgan fingerprint density at radius 1 is 1.27 bits per heavy atom. The molecule has 0 aliphatic carbocycles. The van der Waals surface area contributed by atoms with Crippen molar-refractivity contribution in [3.8, 4) is 0 Å². The van der Waals surface area contributed by atoms with Gasteiger partial charge in [-0.05, 0) is 54.8 Å². The number of benzene rings is 2. The molecule has 0 bridgehead atoms. The second-order valence-electron chi connectivity index (χ2n) is 7.07. The van der Waals surface area contributed by atoms with E-state index in [1.165, 1.54) is 12.1 Å². The summed E-state index contributed by atoms with van der Waals surface area (Å²) < 4.78 is 18.4. The number of amides is 2. The summed E-state index contributed by atoms with van der Waals surface area (Å²) >= 11 is 6.19. The molecule has 0 fully saturated rings. The Labute approximate surface area is 178 Å². The lowest BCUT2D eigenvalue weighted by Gasteiger charge is -2.36. The number of halogens is 2. The first-order chi connectivity index (χ1) is 14.5. The molecule has 2 aromatic carbocycles. The van der Waals surface area contributed by atoms with Gasteiger partial charge in [-0.25, -0.2) is 9.18 Å². The van der Waals surface area contributed by atoms with Gasteiger partial charge in [0.2, 0.25) is 0 Å². The average Bonchev–Trinajstić information content (AvgIpc) is 3.10. The molecule has 2 heterocycles. The number of hydrogen-bond acceptors (Lipinski definition) is 3. The molecule has 2 N–H and O–H groups in total. The molecular weight excluding hydrogens is 409 g/mol. The standard InChI is InChI=1S/C22H21ClFN3O3/c1-2-30-19(28)12-25-22(29)27-10-9-16-17-11-14(23)5-8-18(17)26-20(16)21(27)13-3-6-15(24)7-4-13/h3-8,11,21,26H,2,9-10,12H2,1H3,(H,25,29)/t21-/m0/s1. The summed E-state index contributed by atoms with van der Waals surface area (Å²) in [5.74, 6) is -0.848. The number of esters is 1. The SMILES string of the molecule is CCOC(=O)CNC(=O)N1CCc2c([nH]c3ccc(Cl)cc23)[C@@H]1c1ccc(F)cc1. The minimum Gasteiger partial charge on any atom is -0.465 e. The van der Waals surface area contributed by atoms with E-state index in [2.05, 4.69) is 10.3 Å². The summed E-state index contributed by atoms with van der Waals surface area (Å²) in [5, 5.41) is 4.27. The van der Waals surface area contributed by atoms with Gasteiger partial charge in [0.25, 0.3) is 0 Å². The van der Waals surface area contributed by atoms with Crippen LogP contribution in [0.2, 0.25) is 5.02 Å². The number of H-pyrrole nitrogens is 1. The number of aromatic amines is 1. The molecule has 0 spiro atoms. The largest absolute Gasteiger partial charge is 0.465 e. The number of ether oxygens (including phenoxy) is 1. The Morgan fingerprint density at radius 2 is 2.03 bits per heavy atom. The molecule has 0 unspecified atom stereocenters. The van der Waals surface area contributed by atoms with E-state index in [0.29, 0.717) is 18.0 Å². The first-order valence-corrected chi connectivity index (χ1v) is 10.1. The normalized spacial score (nSPS) is 15.7. The molecule has 0 radical (unpaired) electrons. The van der Waals surface area contributed by atoms with Gasteiger partial charge in [-0.2, -0.15) is 0 Å². The first-order valence-electron chi connectivity index (χ1n) is 9.73. The fourth-order valence-corrected chi connectivity index (χ4v) is 4.10. The van der Waals surface area contributed by atoms with E-state index in [4.69, 9.17) is 16.3 Å². The predicted molar refractivity (Wildman–Crippen MR) is 112 cm³/mol. The Bertz CT molecular complexity index is 1100. The van der Waals surface area contributed by atoms with Gasteiger partial charge in [-0.15, -0.1) is 0 Å². The van der Waals surface area contributed by atoms with Crippen LogP contribution in [0.5, 0.6) is 0 Å². The molecule has 6 nitrogen and oxygen atoms in total. The van der Waals surface area contributed by atoms with Gasteiger partial charge in [0.15, 0.2) is 0 Å². The lowest BCUT2D eigenvalue weighted by Crippen LogP contribution is -2.47. The number of urea groups is 1. The molecule has 1 atom stereocenters. The third-order valence-corrected chi connectivity index (χ3v) is 5.46. The maximum atomic E-state index is 13.5. The minimum atomic E-state index is -0.498. The highest BCUT2D eigenvalue weighted by atomic mass is 35.5. The quantitative estimate of drug-likeness (QED) is 0.611. The smallest absolute Gasteiger partial charge is 0.325 e. The molecule has 1 aliphatic rings. The number of hydrogen-bond donors (Lipinski definition) is 2. The zero-order chi connectivity index (χ0) is 21.3. The van der Waals surface area contributed by atoms with Crippen LogP contribution in [-0.2, 0) is 16.0 Å². The number of fused-ring (bicyclic) bond motifs is 3. The Morgan fingerprint density at radius 3 is 2.77 bits per heavy atom. The third-order valence-electron chi connectivity index (χ3n) is 5.22. The summed E-state index contributed by atoms with van der Waals surface area (Å²) in [4.78, 5) is 29.6. The first kappa shape index (κ1) is 20.2. The number of nitrogens with one attached hydrogen (secondary N) is 2. The maximum Gasteiger partial charge on any atom is 0.325 e. The van der Waals surface area contributed by atoms with Gasteiger partial charge in [0, 0.05) is 28.2 Å². The molecule has 30 heavy (non-hydrogen) atoms. The molecule has 1 aromatic heterocycles. The second-order valence-corrected chi connectivity index (χ2v) is 7.50. The van der Waals surface area contributed by atoms with Crippen LogP contribution in [0.1, 0.15) is 29.8 Å². The monoisotopic (exact) mass is 429 g/mol. The second kappa shape index (κ2) is 8.36. The number of carbonyl (C=O) groups is 2. The molecule has 3 aromatic rings. The van der Waals surface area contributed by atoms with E-state index >= 15 is 0 Å². The lowest BCUT2D eigenvalue weighted by molar-refractivity contribution is -0.141. The molecule has 0 saturated carbocycles. The average molecular weight is 430 g/mol. The third kappa shape index (κ3) is 3.85. The van der Waals surface area contributed by atoms with Gasteiger partial charge in [0.05, 0.1) is 12.6 Å². The van der Waals surface area contributed by atoms with Crippen LogP contribution < -0.4 is 5.32 Å². The highest BCUT2D eigenvalue weighted by molar-refractivity contribution is 6.31. The summed E-state index contributed by atoms with van der Waals surface area (Å²) in [6, 6.07) is 10.9. The van der Waals surface area contributed by atoms with Gasteiger partial charge in [-0.3, -0.25) is 4.79 Å². The van der Waals surface area contributed by atoms with Crippen molar-refractivity contribution in [2.45, 2.75) is 19.4 Å². The fraction of sp³-hybridized carbons (Fsp3) is 0.273. The van der Waals surface area contributed by atoms with Crippen molar-refractivity contribution in [1.29, 1.82) is 0 Å². The zero-order valence-electron chi connectivity index (χ0n) is 16.4. The van der Waals surface area contributed by atoms with E-state index < -0.39 is 12.0 Å². The van der Waals surface area contributed by atoms with E-state index in [0.717, 1.165) is 27.7 Å². The van der Waals surface area contributed by atoms with Crippen molar-refractivity contribution in [1.82, 2.24) is 15.2 Å². The van der Waals surface area contributed by atoms with Crippen LogP contribution in [0.4, 0.5) is 9.18 Å². The molecule has 2 amide bonds. The van der Waals surface area contributed by atoms with Gasteiger partial charge in [0.1, 0.15) is 12.4 Å². The molecule has 4 rings (SSSR count). The fourth-order valence-electron chi connectivity index (χ4n) is 3.93. The van der Waals surface area contributed by atoms with Crippen LogP contribution in [0, 0.1) is 5.82 Å². The lowest BCUT2D eigenvalue weighted by atomic mass is 9.92. The van der Waals surface area contributed by atoms with Crippen molar-refractivity contribution in [2.24, 2.45) is 0 Å². The van der Waals surface area contributed by atoms with Gasteiger partial charge in [-0.1, -0.05) is 23.7 Å². The highest BCUT2D eigenvalue weighted by Gasteiger charge is 2.34. The molecule has 1 aliphatic heterocycles. The van der Waals surface area contributed by atoms with E-state index in [1.54, 1.807) is 24.0 Å². The van der Waals surface area contributed by atoms with Crippen molar-refractivity contribution < 1.29 is 18.7 Å². The number of nitrogens with zero attached hydrogens (tertiary/aromatic N) is 1. The van der Waals surface area contributed by atoms with Crippen molar-refractivity contribution in [3.63, 3.8) is 0 Å². The number of carbonyl (C=O) groups excluding carboxylic acids is 2. The highest BCUT2D eigenvalue weighted by Crippen LogP contribution is 2.39. The molecule has 8 heteroatoms. The van der Waals surface area contributed by atoms with Crippen LogP contribution >= 0.6 is 11.6 Å². The van der Waals surface area contributed by atoms with Crippen molar-refractivity contribution >= 4 is 34.5 Å². The van der Waals surface area contributed by atoms with Crippen molar-refractivity contribution in [2.75, 3.05) is 19.7 Å². The van der Waals surface area contributed by atoms with E-state index in [1.807, 2.05) is 18.2 Å². The predicted octanol–water partition coefficient (Wildman–Crippen LogP) is 4.18. The van der Waals surface area contributed by atoms with Crippen LogP contribution in [0.15, 0.2) is 42.5 Å². The topological polar surface area (TPSA) is 74.4 Å². The molecule has 156 valence electrons. The van der Waals surface area contributed by atoms with Gasteiger partial charge < -0.3 is 19.9 Å². The summed E-state index contributed by atoms with van der Waals surface area (Å²) in [6.07, 6.45) is 0.625. The molecule has 0 saturated heterocycles. The summed E-state index contributed by atoms with van der Waals surface area (Å²) in [5.41, 5.74) is 3.62. The Hall–Kier alpha value is -3.06. The van der Waals surface area contributed by atoms with Crippen LogP contribution in [-0.4, -0.2) is 41.6 Å². The molecular formula is C22H21ClFN3O3. The van der Waals surface area contributed by atoms with Crippen molar-refractivity contribution in [3.05, 3.63) is 70.1 Å². The van der Waals surface area contributed by atoms with Gasteiger partial charge >= 0.3 is 12.0 Å². The summed E-state index contributed by atoms with van der Waals surface area (Å²) in [6.45, 7) is 2.17. The Balaban J connectivity index is 1.72. The number of rotatable bonds is 4. The van der Waals surface area contributed by atoms with Crippen LogP contribution in [0.3, 0.4) is 0 Å². The van der Waals surface area contributed by atoms with Crippen LogP contribution in [0.25, 0.3) is 10.9 Å². The number of aromatic nitrogens is 1. The van der Waals surface area contributed by atoms with E-state index in [9.17, 15) is 14.0 Å². The van der Waals surface area contributed by atoms with E-state index in [-0.39, 0.29) is 25.0 Å². The Kier molecular flexibility index (Phi) is 5.63.